The molecule has 0 saturated carbocycles. The molecule has 0 saturated heterocycles. The fourth-order valence-corrected chi connectivity index (χ4v) is 9.32. The van der Waals surface area contributed by atoms with Gasteiger partial charge in [0.05, 0.1) is 0 Å². The van der Waals surface area contributed by atoms with Crippen LogP contribution in [0.2, 0.25) is 0 Å². The predicted octanol–water partition coefficient (Wildman–Crippen LogP) is 22.8. The Bertz CT molecular complexity index is 1530. The molecule has 0 aromatic heterocycles. The van der Waals surface area contributed by atoms with Gasteiger partial charge in [0.1, 0.15) is 13.2 Å². The van der Waals surface area contributed by atoms with E-state index in [0.29, 0.717) is 19.3 Å². The van der Waals surface area contributed by atoms with Crippen molar-refractivity contribution in [2.75, 3.05) is 13.2 Å². The van der Waals surface area contributed by atoms with E-state index in [0.717, 1.165) is 109 Å². The van der Waals surface area contributed by atoms with Crippen LogP contribution in [-0.4, -0.2) is 37.2 Å². The molecule has 0 aromatic rings. The average molecular weight is 1090 g/mol. The number of ether oxygens (including phenoxy) is 3. The van der Waals surface area contributed by atoms with E-state index in [1.165, 1.54) is 173 Å². The molecule has 0 radical (unpaired) electrons. The minimum atomic E-state index is -0.791. The lowest BCUT2D eigenvalue weighted by atomic mass is 10.1. The number of hydrogen-bond acceptors (Lipinski definition) is 6. The van der Waals surface area contributed by atoms with Crippen LogP contribution in [0.15, 0.2) is 97.2 Å². The van der Waals surface area contributed by atoms with Gasteiger partial charge in [-0.25, -0.2) is 0 Å². The van der Waals surface area contributed by atoms with Crippen LogP contribution >= 0.6 is 0 Å². The number of rotatable bonds is 60. The molecular formula is C72H124O6. The standard InChI is InChI=1S/C72H124O6/c1-4-7-10-13-16-19-22-25-28-31-33-35-36-38-39-41-44-47-50-53-56-59-62-65-71(74)77-68-69(67-76-70(73)64-61-58-55-52-49-46-43-30-27-24-21-18-15-12-9-6-3)78-72(75)66-63-60-57-54-51-48-45-42-40-37-34-32-29-26-23-20-17-14-11-8-5-2/h7,10,16,19,23,25-26,28,30,32-35,38-39,43,69H,4-6,8-9,11-15,17-18,20-22,24,27,29,31,36-37,40-42,44-68H2,1-3H3/b10-7-,19-16-,26-23-,28-25-,34-32-,35-33-,39-38-,43-30-. The first kappa shape index (κ1) is 74.3. The van der Waals surface area contributed by atoms with E-state index >= 15 is 0 Å². The topological polar surface area (TPSA) is 78.9 Å². The van der Waals surface area contributed by atoms with E-state index in [4.69, 9.17) is 14.2 Å². The quantitative estimate of drug-likeness (QED) is 0.0261. The Kier molecular flexibility index (Phi) is 62.7. The third kappa shape index (κ3) is 63.2. The molecule has 0 aliphatic rings. The van der Waals surface area contributed by atoms with Gasteiger partial charge in [-0.05, 0) is 122 Å². The summed E-state index contributed by atoms with van der Waals surface area (Å²) in [6, 6.07) is 0. The Labute approximate surface area is 483 Å². The second kappa shape index (κ2) is 65.8. The first-order chi connectivity index (χ1) is 38.5. The van der Waals surface area contributed by atoms with Crippen LogP contribution in [0.4, 0.5) is 0 Å². The number of carbonyl (C=O) groups excluding carboxylic acids is 3. The molecule has 0 fully saturated rings. The number of hydrogen-bond donors (Lipinski definition) is 0. The summed E-state index contributed by atoms with van der Waals surface area (Å²) in [5, 5.41) is 0. The SMILES string of the molecule is CC/C=C\C/C=C\C/C=C\C/C=C\C/C=C\CCCCCCCCCC(=O)OCC(COC(=O)CCCCCCC/C=C\CCCCCCCCC)OC(=O)CCCCCCCCCCC/C=C\C/C=C\CCCCCCC. The number of carbonyl (C=O) groups is 3. The summed E-state index contributed by atoms with van der Waals surface area (Å²) in [5.41, 5.74) is 0. The highest BCUT2D eigenvalue weighted by Crippen LogP contribution is 2.16. The largest absolute Gasteiger partial charge is 0.462 e. The Balaban J connectivity index is 4.41. The molecule has 0 heterocycles. The molecule has 448 valence electrons. The first-order valence-electron chi connectivity index (χ1n) is 33.2. The van der Waals surface area contributed by atoms with Gasteiger partial charge in [0.2, 0.25) is 0 Å². The van der Waals surface area contributed by atoms with Crippen LogP contribution in [0.3, 0.4) is 0 Å². The summed E-state index contributed by atoms with van der Waals surface area (Å²) in [4.78, 5) is 38.4. The van der Waals surface area contributed by atoms with Crippen molar-refractivity contribution in [1.82, 2.24) is 0 Å². The lowest BCUT2D eigenvalue weighted by Crippen LogP contribution is -2.30. The zero-order valence-electron chi connectivity index (χ0n) is 51.4. The molecule has 0 aliphatic carbocycles. The summed E-state index contributed by atoms with van der Waals surface area (Å²) >= 11 is 0. The van der Waals surface area contributed by atoms with Crippen molar-refractivity contribution in [3.63, 3.8) is 0 Å². The summed E-state index contributed by atoms with van der Waals surface area (Å²) < 4.78 is 17.0. The molecule has 6 heteroatoms. The van der Waals surface area contributed by atoms with Gasteiger partial charge in [-0.1, -0.05) is 279 Å². The number of esters is 3. The average Bonchev–Trinajstić information content (AvgIpc) is 3.44. The molecule has 1 atom stereocenters. The molecular weight excluding hydrogens is 961 g/mol. The van der Waals surface area contributed by atoms with Crippen molar-refractivity contribution in [2.45, 2.75) is 329 Å². The zero-order valence-corrected chi connectivity index (χ0v) is 51.4. The smallest absolute Gasteiger partial charge is 0.306 e. The Morgan fingerprint density at radius 1 is 0.269 bits per heavy atom. The molecule has 0 aliphatic heterocycles. The zero-order chi connectivity index (χ0) is 56.4. The fourth-order valence-electron chi connectivity index (χ4n) is 9.32. The number of allylic oxidation sites excluding steroid dienone is 16. The van der Waals surface area contributed by atoms with Crippen molar-refractivity contribution >= 4 is 17.9 Å². The molecule has 0 aromatic carbocycles. The highest BCUT2D eigenvalue weighted by Gasteiger charge is 2.19. The third-order valence-corrected chi connectivity index (χ3v) is 14.3. The van der Waals surface area contributed by atoms with E-state index < -0.39 is 6.10 Å². The monoisotopic (exact) mass is 1080 g/mol. The molecule has 78 heavy (non-hydrogen) atoms. The van der Waals surface area contributed by atoms with Crippen LogP contribution in [0.1, 0.15) is 323 Å². The first-order valence-corrected chi connectivity index (χ1v) is 33.2. The minimum absolute atomic E-state index is 0.0862. The number of unbranched alkanes of at least 4 members (excludes halogenated alkanes) is 33. The summed E-state index contributed by atoms with van der Waals surface area (Å²) in [6.07, 6.45) is 88.4. The van der Waals surface area contributed by atoms with Crippen molar-refractivity contribution in [2.24, 2.45) is 0 Å². The van der Waals surface area contributed by atoms with Gasteiger partial charge in [0, 0.05) is 19.3 Å². The van der Waals surface area contributed by atoms with Crippen LogP contribution in [0.25, 0.3) is 0 Å². The maximum absolute atomic E-state index is 12.9. The van der Waals surface area contributed by atoms with Crippen LogP contribution in [0, 0.1) is 0 Å². The summed E-state index contributed by atoms with van der Waals surface area (Å²) in [7, 11) is 0. The lowest BCUT2D eigenvalue weighted by molar-refractivity contribution is -0.167. The third-order valence-electron chi connectivity index (χ3n) is 14.3. The molecule has 1 unspecified atom stereocenters. The van der Waals surface area contributed by atoms with Gasteiger partial charge >= 0.3 is 17.9 Å². The maximum Gasteiger partial charge on any atom is 0.306 e. The molecule has 6 nitrogen and oxygen atoms in total. The summed E-state index contributed by atoms with van der Waals surface area (Å²) in [6.45, 7) is 6.53. The van der Waals surface area contributed by atoms with Crippen LogP contribution in [0.5, 0.6) is 0 Å². The van der Waals surface area contributed by atoms with Gasteiger partial charge in [-0.15, -0.1) is 0 Å². The molecule has 0 rings (SSSR count). The van der Waals surface area contributed by atoms with E-state index in [-0.39, 0.29) is 31.1 Å². The highest BCUT2D eigenvalue weighted by molar-refractivity contribution is 5.71. The molecule has 0 bridgehead atoms. The lowest BCUT2D eigenvalue weighted by Gasteiger charge is -2.18. The maximum atomic E-state index is 12.9. The van der Waals surface area contributed by atoms with E-state index in [1.54, 1.807) is 0 Å². The van der Waals surface area contributed by atoms with Gasteiger partial charge in [-0.3, -0.25) is 14.4 Å². The summed E-state index contributed by atoms with van der Waals surface area (Å²) in [5.74, 6) is -0.897. The van der Waals surface area contributed by atoms with E-state index in [9.17, 15) is 14.4 Å². The van der Waals surface area contributed by atoms with Gasteiger partial charge in [0.15, 0.2) is 6.10 Å². The fraction of sp³-hybridized carbons (Fsp3) is 0.736. The van der Waals surface area contributed by atoms with E-state index in [2.05, 4.69) is 118 Å². The molecule has 0 amide bonds. The highest BCUT2D eigenvalue weighted by atomic mass is 16.6. The normalized spacial score (nSPS) is 12.7. The van der Waals surface area contributed by atoms with Crippen molar-refractivity contribution in [1.29, 1.82) is 0 Å². The molecule has 0 N–H and O–H groups in total. The Morgan fingerprint density at radius 3 is 0.795 bits per heavy atom. The van der Waals surface area contributed by atoms with E-state index in [1.807, 2.05) is 0 Å². The van der Waals surface area contributed by atoms with Gasteiger partial charge in [0.25, 0.3) is 0 Å². The molecule has 0 spiro atoms. The van der Waals surface area contributed by atoms with Crippen molar-refractivity contribution in [3.8, 4) is 0 Å². The Hall–Kier alpha value is -3.67. The second-order valence-corrected chi connectivity index (χ2v) is 22.0. The Morgan fingerprint density at radius 2 is 0.500 bits per heavy atom. The van der Waals surface area contributed by atoms with Crippen LogP contribution in [-0.2, 0) is 28.6 Å². The second-order valence-electron chi connectivity index (χ2n) is 22.0. The van der Waals surface area contributed by atoms with Crippen molar-refractivity contribution < 1.29 is 28.6 Å². The van der Waals surface area contributed by atoms with Crippen LogP contribution < -0.4 is 0 Å². The van der Waals surface area contributed by atoms with Crippen molar-refractivity contribution in [3.05, 3.63) is 97.2 Å². The van der Waals surface area contributed by atoms with Gasteiger partial charge in [-0.2, -0.15) is 0 Å². The predicted molar refractivity (Wildman–Crippen MR) is 339 cm³/mol. The van der Waals surface area contributed by atoms with Gasteiger partial charge < -0.3 is 14.2 Å². The minimum Gasteiger partial charge on any atom is -0.462 e.